The maximum Gasteiger partial charge on any atom is 0.278 e. The van der Waals surface area contributed by atoms with Gasteiger partial charge in [0.25, 0.3) is 5.56 Å². The fraction of sp³-hybridized carbons (Fsp3) is 0. The molecular weight excluding hydrogens is 248 g/mol. The standard InChI is InChI=1S/C12H8N4OS/c17-12-10(9-5-3-7-18-9)15-16-11(14-12)8-4-1-2-6-13-8/h1-7H,(H,14,16,17). The molecule has 0 atom stereocenters. The first-order valence-corrected chi connectivity index (χ1v) is 6.15. The molecule has 0 saturated heterocycles. The summed E-state index contributed by atoms with van der Waals surface area (Å²) >= 11 is 1.45. The van der Waals surface area contributed by atoms with Gasteiger partial charge in [-0.2, -0.15) is 0 Å². The van der Waals surface area contributed by atoms with E-state index in [4.69, 9.17) is 0 Å². The van der Waals surface area contributed by atoms with Gasteiger partial charge in [0.15, 0.2) is 11.5 Å². The molecule has 3 aromatic rings. The van der Waals surface area contributed by atoms with Gasteiger partial charge in [-0.25, -0.2) is 0 Å². The highest BCUT2D eigenvalue weighted by Gasteiger charge is 2.09. The van der Waals surface area contributed by atoms with Crippen molar-refractivity contribution in [1.82, 2.24) is 20.2 Å². The molecule has 3 aromatic heterocycles. The van der Waals surface area contributed by atoms with Crippen molar-refractivity contribution in [1.29, 1.82) is 0 Å². The van der Waals surface area contributed by atoms with Crippen LogP contribution in [0.25, 0.3) is 22.1 Å². The molecule has 5 nitrogen and oxygen atoms in total. The van der Waals surface area contributed by atoms with E-state index in [0.29, 0.717) is 17.2 Å². The van der Waals surface area contributed by atoms with Crippen LogP contribution < -0.4 is 5.56 Å². The number of H-pyrrole nitrogens is 1. The van der Waals surface area contributed by atoms with Crippen LogP contribution >= 0.6 is 11.3 Å². The molecule has 0 aliphatic rings. The number of thiophene rings is 1. The smallest absolute Gasteiger partial charge is 0.278 e. The van der Waals surface area contributed by atoms with Gasteiger partial charge in [-0.3, -0.25) is 9.78 Å². The number of nitrogens with one attached hydrogen (secondary N) is 1. The summed E-state index contributed by atoms with van der Waals surface area (Å²) in [5, 5.41) is 9.87. The predicted molar refractivity (Wildman–Crippen MR) is 69.2 cm³/mol. The highest BCUT2D eigenvalue weighted by molar-refractivity contribution is 7.13. The van der Waals surface area contributed by atoms with E-state index in [2.05, 4.69) is 20.2 Å². The van der Waals surface area contributed by atoms with Crippen LogP contribution in [0.4, 0.5) is 0 Å². The minimum Gasteiger partial charge on any atom is -0.302 e. The molecule has 0 amide bonds. The summed E-state index contributed by atoms with van der Waals surface area (Å²) in [6, 6.07) is 9.10. The number of hydrogen-bond acceptors (Lipinski definition) is 5. The zero-order valence-corrected chi connectivity index (χ0v) is 10.0. The third-order valence-corrected chi connectivity index (χ3v) is 3.24. The van der Waals surface area contributed by atoms with E-state index in [1.807, 2.05) is 23.6 Å². The Bertz CT molecular complexity index is 706. The molecule has 0 radical (unpaired) electrons. The summed E-state index contributed by atoms with van der Waals surface area (Å²) in [5.74, 6) is 0.376. The van der Waals surface area contributed by atoms with Crippen LogP contribution in [0, 0.1) is 0 Å². The average Bonchev–Trinajstić information content (AvgIpc) is 2.93. The van der Waals surface area contributed by atoms with Crippen LogP contribution in [-0.2, 0) is 0 Å². The Balaban J connectivity index is 2.08. The Morgan fingerprint density at radius 1 is 1.11 bits per heavy atom. The number of aromatic nitrogens is 4. The van der Waals surface area contributed by atoms with Gasteiger partial charge >= 0.3 is 0 Å². The fourth-order valence-electron chi connectivity index (χ4n) is 1.53. The highest BCUT2D eigenvalue weighted by Crippen LogP contribution is 2.19. The first-order chi connectivity index (χ1) is 8.84. The topological polar surface area (TPSA) is 71.5 Å². The summed E-state index contributed by atoms with van der Waals surface area (Å²) in [5.41, 5.74) is 0.678. The third kappa shape index (κ3) is 1.93. The lowest BCUT2D eigenvalue weighted by Crippen LogP contribution is -2.14. The minimum atomic E-state index is -0.256. The zero-order valence-electron chi connectivity index (χ0n) is 9.20. The molecule has 3 heterocycles. The molecule has 0 fully saturated rings. The van der Waals surface area contributed by atoms with Crippen molar-refractivity contribution in [3.8, 4) is 22.1 Å². The molecule has 0 aliphatic carbocycles. The molecule has 0 spiro atoms. The van der Waals surface area contributed by atoms with E-state index in [1.165, 1.54) is 11.3 Å². The Kier molecular flexibility index (Phi) is 2.70. The number of rotatable bonds is 2. The van der Waals surface area contributed by atoms with E-state index < -0.39 is 0 Å². The Morgan fingerprint density at radius 3 is 2.72 bits per heavy atom. The second kappa shape index (κ2) is 4.50. The van der Waals surface area contributed by atoms with Gasteiger partial charge in [0.05, 0.1) is 4.88 Å². The minimum absolute atomic E-state index is 0.256. The SMILES string of the molecule is O=c1[nH]c(-c2ccccn2)nnc1-c1cccs1. The Morgan fingerprint density at radius 2 is 2.06 bits per heavy atom. The number of pyridine rings is 1. The summed E-state index contributed by atoms with van der Waals surface area (Å²) in [6.45, 7) is 0. The second-order valence-corrected chi connectivity index (χ2v) is 4.49. The van der Waals surface area contributed by atoms with E-state index in [9.17, 15) is 4.79 Å². The van der Waals surface area contributed by atoms with E-state index >= 15 is 0 Å². The summed E-state index contributed by atoms with van der Waals surface area (Å²) in [6.07, 6.45) is 1.64. The van der Waals surface area contributed by atoms with Crippen molar-refractivity contribution >= 4 is 11.3 Å². The maximum atomic E-state index is 11.9. The first-order valence-electron chi connectivity index (χ1n) is 5.27. The van der Waals surface area contributed by atoms with Gasteiger partial charge in [0.1, 0.15) is 5.69 Å². The largest absolute Gasteiger partial charge is 0.302 e. The van der Waals surface area contributed by atoms with Gasteiger partial charge in [-0.15, -0.1) is 21.5 Å². The van der Waals surface area contributed by atoms with Crippen LogP contribution in [0.3, 0.4) is 0 Å². The average molecular weight is 256 g/mol. The number of aromatic amines is 1. The van der Waals surface area contributed by atoms with Crippen LogP contribution in [0.5, 0.6) is 0 Å². The van der Waals surface area contributed by atoms with Crippen LogP contribution in [0.15, 0.2) is 46.7 Å². The van der Waals surface area contributed by atoms with Crippen molar-refractivity contribution in [2.24, 2.45) is 0 Å². The lowest BCUT2D eigenvalue weighted by Gasteiger charge is -1.99. The second-order valence-electron chi connectivity index (χ2n) is 3.54. The molecular formula is C12H8N4OS. The predicted octanol–water partition coefficient (Wildman–Crippen LogP) is 1.96. The quantitative estimate of drug-likeness (QED) is 0.760. The lowest BCUT2D eigenvalue weighted by atomic mass is 10.3. The molecule has 0 unspecified atom stereocenters. The molecule has 0 bridgehead atoms. The molecule has 0 aliphatic heterocycles. The van der Waals surface area contributed by atoms with Crippen molar-refractivity contribution in [3.05, 3.63) is 52.3 Å². The normalized spacial score (nSPS) is 10.4. The highest BCUT2D eigenvalue weighted by atomic mass is 32.1. The monoisotopic (exact) mass is 256 g/mol. The summed E-state index contributed by atoms with van der Waals surface area (Å²) < 4.78 is 0. The Labute approximate surface area is 106 Å². The third-order valence-electron chi connectivity index (χ3n) is 2.36. The van der Waals surface area contributed by atoms with Crippen LogP contribution in [0.2, 0.25) is 0 Å². The van der Waals surface area contributed by atoms with Gasteiger partial charge in [-0.05, 0) is 23.6 Å². The molecule has 3 rings (SSSR count). The molecule has 6 heteroatoms. The van der Waals surface area contributed by atoms with Crippen molar-refractivity contribution in [2.75, 3.05) is 0 Å². The zero-order chi connectivity index (χ0) is 12.4. The van der Waals surface area contributed by atoms with Gasteiger partial charge in [-0.1, -0.05) is 12.1 Å². The van der Waals surface area contributed by atoms with Crippen molar-refractivity contribution < 1.29 is 0 Å². The molecule has 0 saturated carbocycles. The maximum absolute atomic E-state index is 11.9. The van der Waals surface area contributed by atoms with Gasteiger partial charge in [0, 0.05) is 6.20 Å². The number of nitrogens with zero attached hydrogens (tertiary/aromatic N) is 3. The summed E-state index contributed by atoms with van der Waals surface area (Å²) in [4.78, 5) is 19.5. The first kappa shape index (κ1) is 10.8. The molecule has 1 N–H and O–H groups in total. The van der Waals surface area contributed by atoms with E-state index in [-0.39, 0.29) is 5.56 Å². The molecule has 88 valence electrons. The fourth-order valence-corrected chi connectivity index (χ4v) is 2.24. The van der Waals surface area contributed by atoms with Crippen molar-refractivity contribution in [2.45, 2.75) is 0 Å². The Hall–Kier alpha value is -2.34. The lowest BCUT2D eigenvalue weighted by molar-refractivity contribution is 0.956. The van der Waals surface area contributed by atoms with Gasteiger partial charge in [0.2, 0.25) is 0 Å². The van der Waals surface area contributed by atoms with Crippen LogP contribution in [0.1, 0.15) is 0 Å². The van der Waals surface area contributed by atoms with Gasteiger partial charge < -0.3 is 4.98 Å². The van der Waals surface area contributed by atoms with E-state index in [0.717, 1.165) is 4.88 Å². The van der Waals surface area contributed by atoms with E-state index in [1.54, 1.807) is 18.3 Å². The number of hydrogen-bond donors (Lipinski definition) is 1. The van der Waals surface area contributed by atoms with Crippen LogP contribution in [-0.4, -0.2) is 20.2 Å². The molecule has 0 aromatic carbocycles. The van der Waals surface area contributed by atoms with Crippen molar-refractivity contribution in [3.63, 3.8) is 0 Å². The summed E-state index contributed by atoms with van der Waals surface area (Å²) in [7, 11) is 0. The molecule has 18 heavy (non-hydrogen) atoms.